The normalized spacial score (nSPS) is 21.3. The Bertz CT molecular complexity index is 835. The van der Waals surface area contributed by atoms with E-state index in [1.807, 2.05) is 47.4 Å². The van der Waals surface area contributed by atoms with E-state index in [1.165, 1.54) is 0 Å². The van der Waals surface area contributed by atoms with Gasteiger partial charge >= 0.3 is 0 Å². The molecule has 2 heterocycles. The van der Waals surface area contributed by atoms with Gasteiger partial charge in [-0.3, -0.25) is 4.79 Å². The standard InChI is InChI=1S/C22H25NO4/c1-25-17-9-10-18(21(13-17)26-2)19-7-5-11-23(19)22(24)16-12-15-6-3-4-8-20(15)27-14-16/h3-4,6,8-10,13,16,19H,5,7,11-12,14H2,1-2H3. The van der Waals surface area contributed by atoms with E-state index in [9.17, 15) is 4.79 Å². The number of hydrogen-bond acceptors (Lipinski definition) is 4. The molecule has 1 saturated heterocycles. The fourth-order valence-electron chi connectivity index (χ4n) is 4.17. The third-order valence-electron chi connectivity index (χ3n) is 5.56. The van der Waals surface area contributed by atoms with Gasteiger partial charge in [-0.2, -0.15) is 0 Å². The molecule has 5 nitrogen and oxygen atoms in total. The number of hydrogen-bond donors (Lipinski definition) is 0. The molecule has 5 heteroatoms. The molecule has 1 amide bonds. The lowest BCUT2D eigenvalue weighted by Gasteiger charge is -2.32. The zero-order valence-electron chi connectivity index (χ0n) is 15.8. The molecule has 2 aromatic carbocycles. The number of carbonyl (C=O) groups excluding carboxylic acids is 1. The number of methoxy groups -OCH3 is 2. The molecule has 2 aliphatic rings. The first-order valence-electron chi connectivity index (χ1n) is 9.44. The molecule has 0 N–H and O–H groups in total. The van der Waals surface area contributed by atoms with Crippen LogP contribution >= 0.6 is 0 Å². The van der Waals surface area contributed by atoms with Crippen molar-refractivity contribution in [1.82, 2.24) is 4.90 Å². The van der Waals surface area contributed by atoms with Gasteiger partial charge in [0.25, 0.3) is 0 Å². The summed E-state index contributed by atoms with van der Waals surface area (Å²) in [6, 6.07) is 13.8. The van der Waals surface area contributed by atoms with E-state index in [4.69, 9.17) is 14.2 Å². The Morgan fingerprint density at radius 1 is 1.15 bits per heavy atom. The predicted octanol–water partition coefficient (Wildman–Crippen LogP) is 3.62. The van der Waals surface area contributed by atoms with Crippen molar-refractivity contribution in [3.05, 3.63) is 53.6 Å². The van der Waals surface area contributed by atoms with E-state index < -0.39 is 0 Å². The van der Waals surface area contributed by atoms with Gasteiger partial charge in [-0.05, 0) is 43.0 Å². The summed E-state index contributed by atoms with van der Waals surface area (Å²) in [6.45, 7) is 1.22. The van der Waals surface area contributed by atoms with Crippen molar-refractivity contribution in [2.45, 2.75) is 25.3 Å². The number of benzene rings is 2. The molecule has 142 valence electrons. The van der Waals surface area contributed by atoms with Crippen LogP contribution < -0.4 is 14.2 Å². The van der Waals surface area contributed by atoms with Gasteiger partial charge in [0, 0.05) is 18.2 Å². The molecular weight excluding hydrogens is 342 g/mol. The zero-order chi connectivity index (χ0) is 18.8. The van der Waals surface area contributed by atoms with Gasteiger partial charge in [0.15, 0.2) is 0 Å². The summed E-state index contributed by atoms with van der Waals surface area (Å²) in [5.41, 5.74) is 2.15. The van der Waals surface area contributed by atoms with Crippen LogP contribution in [0, 0.1) is 5.92 Å². The van der Waals surface area contributed by atoms with Gasteiger partial charge in [-0.15, -0.1) is 0 Å². The smallest absolute Gasteiger partial charge is 0.229 e. The topological polar surface area (TPSA) is 48.0 Å². The number of likely N-dealkylation sites (tertiary alicyclic amines) is 1. The monoisotopic (exact) mass is 367 g/mol. The van der Waals surface area contributed by atoms with Gasteiger partial charge in [0.05, 0.1) is 26.2 Å². The molecule has 2 unspecified atom stereocenters. The van der Waals surface area contributed by atoms with Gasteiger partial charge in [-0.25, -0.2) is 0 Å². The maximum Gasteiger partial charge on any atom is 0.229 e. The lowest BCUT2D eigenvalue weighted by molar-refractivity contribution is -0.137. The number of rotatable bonds is 4. The van der Waals surface area contributed by atoms with Gasteiger partial charge in [-0.1, -0.05) is 18.2 Å². The number of fused-ring (bicyclic) bond motifs is 1. The van der Waals surface area contributed by atoms with Crippen molar-refractivity contribution >= 4 is 5.91 Å². The SMILES string of the molecule is COc1ccc(C2CCCN2C(=O)C2COc3ccccc3C2)c(OC)c1. The first kappa shape index (κ1) is 17.7. The lowest BCUT2D eigenvalue weighted by Crippen LogP contribution is -2.40. The van der Waals surface area contributed by atoms with E-state index in [1.54, 1.807) is 14.2 Å². The van der Waals surface area contributed by atoms with Crippen LogP contribution in [0.5, 0.6) is 17.2 Å². The molecule has 0 saturated carbocycles. The Morgan fingerprint density at radius 2 is 2.00 bits per heavy atom. The van der Waals surface area contributed by atoms with Crippen LogP contribution in [0.1, 0.15) is 30.0 Å². The Balaban J connectivity index is 1.56. The first-order valence-corrected chi connectivity index (χ1v) is 9.44. The second-order valence-corrected chi connectivity index (χ2v) is 7.12. The number of nitrogens with zero attached hydrogens (tertiary/aromatic N) is 1. The molecule has 0 aliphatic carbocycles. The van der Waals surface area contributed by atoms with Crippen LogP contribution in [0.2, 0.25) is 0 Å². The lowest BCUT2D eigenvalue weighted by atomic mass is 9.94. The first-order chi connectivity index (χ1) is 13.2. The molecule has 1 fully saturated rings. The fourth-order valence-corrected chi connectivity index (χ4v) is 4.17. The summed E-state index contributed by atoms with van der Waals surface area (Å²) in [5, 5.41) is 0. The number of para-hydroxylation sites is 1. The minimum Gasteiger partial charge on any atom is -0.497 e. The third kappa shape index (κ3) is 3.34. The van der Waals surface area contributed by atoms with Crippen molar-refractivity contribution in [2.24, 2.45) is 5.92 Å². The van der Waals surface area contributed by atoms with Crippen LogP contribution in [0.15, 0.2) is 42.5 Å². The number of amides is 1. The van der Waals surface area contributed by atoms with Crippen LogP contribution in [0.3, 0.4) is 0 Å². The van der Waals surface area contributed by atoms with Crippen molar-refractivity contribution in [2.75, 3.05) is 27.4 Å². The summed E-state index contributed by atoms with van der Waals surface area (Å²) in [6.07, 6.45) is 2.67. The molecule has 0 aromatic heterocycles. The highest BCUT2D eigenvalue weighted by molar-refractivity contribution is 5.80. The van der Waals surface area contributed by atoms with Crippen molar-refractivity contribution < 1.29 is 19.0 Å². The second kappa shape index (κ2) is 7.51. The van der Waals surface area contributed by atoms with E-state index in [-0.39, 0.29) is 17.9 Å². The second-order valence-electron chi connectivity index (χ2n) is 7.12. The van der Waals surface area contributed by atoms with Crippen LogP contribution in [-0.4, -0.2) is 38.2 Å². The molecule has 2 aromatic rings. The molecule has 0 radical (unpaired) electrons. The maximum absolute atomic E-state index is 13.3. The largest absolute Gasteiger partial charge is 0.497 e. The Hall–Kier alpha value is -2.69. The van der Waals surface area contributed by atoms with Crippen LogP contribution in [0.25, 0.3) is 0 Å². The van der Waals surface area contributed by atoms with Crippen molar-refractivity contribution in [1.29, 1.82) is 0 Å². The van der Waals surface area contributed by atoms with Gasteiger partial charge < -0.3 is 19.1 Å². The molecule has 0 bridgehead atoms. The van der Waals surface area contributed by atoms with Crippen LogP contribution in [-0.2, 0) is 11.2 Å². The van der Waals surface area contributed by atoms with Gasteiger partial charge in [0.1, 0.15) is 23.9 Å². The molecule has 2 aliphatic heterocycles. The Kier molecular flexibility index (Phi) is 4.92. The summed E-state index contributed by atoms with van der Waals surface area (Å²) < 4.78 is 16.7. The highest BCUT2D eigenvalue weighted by Crippen LogP contribution is 2.40. The summed E-state index contributed by atoms with van der Waals surface area (Å²) in [5.74, 6) is 2.46. The summed E-state index contributed by atoms with van der Waals surface area (Å²) >= 11 is 0. The minimum atomic E-state index is -0.134. The van der Waals surface area contributed by atoms with E-state index in [0.717, 1.165) is 54.2 Å². The predicted molar refractivity (Wildman–Crippen MR) is 102 cm³/mol. The maximum atomic E-state index is 13.3. The van der Waals surface area contributed by atoms with Crippen molar-refractivity contribution in [3.8, 4) is 17.2 Å². The van der Waals surface area contributed by atoms with Crippen molar-refractivity contribution in [3.63, 3.8) is 0 Å². The number of carbonyl (C=O) groups is 1. The third-order valence-corrected chi connectivity index (χ3v) is 5.56. The number of ether oxygens (including phenoxy) is 3. The van der Waals surface area contributed by atoms with Crippen LogP contribution in [0.4, 0.5) is 0 Å². The minimum absolute atomic E-state index is 0.0375. The molecular formula is C22H25NO4. The average Bonchev–Trinajstić information content (AvgIpc) is 3.21. The summed E-state index contributed by atoms with van der Waals surface area (Å²) in [7, 11) is 3.30. The van der Waals surface area contributed by atoms with E-state index in [2.05, 4.69) is 0 Å². The average molecular weight is 367 g/mol. The Labute approximate surface area is 159 Å². The highest BCUT2D eigenvalue weighted by atomic mass is 16.5. The highest BCUT2D eigenvalue weighted by Gasteiger charge is 2.37. The Morgan fingerprint density at radius 3 is 2.81 bits per heavy atom. The molecule has 0 spiro atoms. The zero-order valence-corrected chi connectivity index (χ0v) is 15.8. The van der Waals surface area contributed by atoms with E-state index in [0.29, 0.717) is 6.61 Å². The quantitative estimate of drug-likeness (QED) is 0.828. The molecule has 2 atom stereocenters. The molecule has 27 heavy (non-hydrogen) atoms. The van der Waals surface area contributed by atoms with E-state index >= 15 is 0 Å². The fraction of sp³-hybridized carbons (Fsp3) is 0.409. The summed E-state index contributed by atoms with van der Waals surface area (Å²) in [4.78, 5) is 15.3. The molecule has 4 rings (SSSR count). The van der Waals surface area contributed by atoms with Gasteiger partial charge in [0.2, 0.25) is 5.91 Å².